The number of hydrogen-bond acceptors (Lipinski definition) is 8. The van der Waals surface area contributed by atoms with Crippen LogP contribution >= 0.6 is 11.8 Å². The molecule has 2 aliphatic carbocycles. The third kappa shape index (κ3) is 5.92. The summed E-state index contributed by atoms with van der Waals surface area (Å²) >= 11 is 1.76. The first-order valence-electron chi connectivity index (χ1n) is 13.9. The summed E-state index contributed by atoms with van der Waals surface area (Å²) in [6.45, 7) is 3.94. The molecule has 0 unspecified atom stereocenters. The number of nitrogens with zero attached hydrogens (tertiary/aromatic N) is 6. The summed E-state index contributed by atoms with van der Waals surface area (Å²) in [6, 6.07) is 16.7. The first kappa shape index (κ1) is 27.9. The van der Waals surface area contributed by atoms with Gasteiger partial charge in [0.15, 0.2) is 0 Å². The van der Waals surface area contributed by atoms with Gasteiger partial charge in [-0.3, -0.25) is 0 Å². The Morgan fingerprint density at radius 2 is 1.10 bits per heavy atom. The minimum absolute atomic E-state index is 0.848. The average molecular weight is 555 g/mol. The largest absolute Gasteiger partial charge is 0.497 e. The number of hydrogen-bond donors (Lipinski definition) is 0. The molecule has 2 aliphatic rings. The van der Waals surface area contributed by atoms with E-state index in [1.807, 2.05) is 26.0 Å². The summed E-state index contributed by atoms with van der Waals surface area (Å²) in [5, 5.41) is 0. The molecular weight excluding hydrogens is 516 g/mol. The third-order valence-electron chi connectivity index (χ3n) is 7.60. The maximum absolute atomic E-state index is 5.20. The first-order valence-corrected chi connectivity index (χ1v) is 15.1. The molecule has 6 rings (SSSR count). The summed E-state index contributed by atoms with van der Waals surface area (Å²) < 4.78 is 5.20. The van der Waals surface area contributed by atoms with Crippen molar-refractivity contribution in [2.75, 3.05) is 37.3 Å². The molecule has 0 spiro atoms. The molecule has 0 amide bonds. The topological polar surface area (TPSA) is 67.3 Å². The van der Waals surface area contributed by atoms with Gasteiger partial charge < -0.3 is 14.5 Å². The van der Waals surface area contributed by atoms with E-state index < -0.39 is 0 Å². The van der Waals surface area contributed by atoms with Gasteiger partial charge in [-0.05, 0) is 107 Å². The minimum Gasteiger partial charge on any atom is -0.497 e. The number of methoxy groups -OCH3 is 1. The molecule has 0 saturated heterocycles. The zero-order valence-corrected chi connectivity index (χ0v) is 25.2. The average Bonchev–Trinajstić information content (AvgIpc) is 3.65. The lowest BCUT2D eigenvalue weighted by atomic mass is 10.2. The number of thioether (sulfide) groups is 1. The fourth-order valence-electron chi connectivity index (χ4n) is 5.48. The Balaban J connectivity index is 0.000000161. The normalized spacial score (nSPS) is 13.2. The fraction of sp³-hybridized carbons (Fsp3) is 0.375. The van der Waals surface area contributed by atoms with E-state index in [0.717, 1.165) is 60.4 Å². The zero-order valence-electron chi connectivity index (χ0n) is 24.4. The summed E-state index contributed by atoms with van der Waals surface area (Å²) in [7, 11) is 5.83. The van der Waals surface area contributed by atoms with Crippen molar-refractivity contribution in [1.82, 2.24) is 19.9 Å². The number of aromatic nitrogens is 4. The van der Waals surface area contributed by atoms with Crippen LogP contribution in [0, 0.1) is 13.8 Å². The van der Waals surface area contributed by atoms with E-state index in [1.54, 1.807) is 18.9 Å². The number of benzene rings is 2. The van der Waals surface area contributed by atoms with Crippen LogP contribution in [0.4, 0.5) is 23.0 Å². The number of fused-ring (bicyclic) bond motifs is 2. The molecule has 4 aromatic rings. The smallest absolute Gasteiger partial charge is 0.139 e. The second kappa shape index (κ2) is 12.3. The van der Waals surface area contributed by atoms with Crippen molar-refractivity contribution in [1.29, 1.82) is 0 Å². The van der Waals surface area contributed by atoms with Crippen LogP contribution in [-0.2, 0) is 25.7 Å². The molecule has 0 N–H and O–H groups in total. The van der Waals surface area contributed by atoms with Crippen molar-refractivity contribution >= 4 is 34.8 Å². The maximum Gasteiger partial charge on any atom is 0.139 e. The fourth-order valence-corrected chi connectivity index (χ4v) is 5.89. The number of anilines is 4. The molecule has 0 aliphatic heterocycles. The van der Waals surface area contributed by atoms with Gasteiger partial charge in [-0.1, -0.05) is 0 Å². The van der Waals surface area contributed by atoms with Gasteiger partial charge in [-0.2, -0.15) is 0 Å². The Kier molecular flexibility index (Phi) is 8.54. The van der Waals surface area contributed by atoms with Crippen LogP contribution in [0.2, 0.25) is 0 Å². The van der Waals surface area contributed by atoms with Crippen molar-refractivity contribution in [3.05, 3.63) is 82.7 Å². The van der Waals surface area contributed by atoms with Crippen LogP contribution in [0.15, 0.2) is 53.4 Å². The predicted octanol–water partition coefficient (Wildman–Crippen LogP) is 6.81. The molecule has 208 valence electrons. The van der Waals surface area contributed by atoms with E-state index in [0.29, 0.717) is 0 Å². The molecule has 0 bridgehead atoms. The Labute approximate surface area is 242 Å². The van der Waals surface area contributed by atoms with Crippen LogP contribution in [-0.4, -0.2) is 47.4 Å². The molecule has 7 nitrogen and oxygen atoms in total. The Morgan fingerprint density at radius 1 is 0.650 bits per heavy atom. The highest BCUT2D eigenvalue weighted by Gasteiger charge is 2.22. The SMILES string of the molecule is COc1ccc(N(C)c2nc(C)nc3c2CCC3)cc1.CSc1ccc(N(C)c2nc(C)nc3c2CCC3)cc1. The lowest BCUT2D eigenvalue weighted by Gasteiger charge is -2.21. The second-order valence-corrected chi connectivity index (χ2v) is 11.1. The van der Waals surface area contributed by atoms with Gasteiger partial charge in [0.25, 0.3) is 0 Å². The standard InChI is InChI=1S/C16H19N3O.C16H19N3S/c2*1-11-17-15-6-4-5-14(15)16(18-11)19(2)12-7-9-13(20-3)10-8-12/h2*7-10H,4-6H2,1-3H3. The molecule has 0 fully saturated rings. The van der Waals surface area contributed by atoms with Gasteiger partial charge in [0.05, 0.1) is 7.11 Å². The van der Waals surface area contributed by atoms with Gasteiger partial charge in [0.1, 0.15) is 29.0 Å². The van der Waals surface area contributed by atoms with E-state index in [2.05, 4.69) is 86.5 Å². The van der Waals surface area contributed by atoms with Crippen molar-refractivity contribution in [2.24, 2.45) is 0 Å². The lowest BCUT2D eigenvalue weighted by Crippen LogP contribution is -2.15. The predicted molar refractivity (Wildman–Crippen MR) is 165 cm³/mol. The van der Waals surface area contributed by atoms with Crippen LogP contribution in [0.25, 0.3) is 0 Å². The summed E-state index contributed by atoms with van der Waals surface area (Å²) in [5.74, 6) is 4.69. The number of aryl methyl sites for hydroxylation is 4. The second-order valence-electron chi connectivity index (χ2n) is 10.3. The molecule has 2 aromatic carbocycles. The van der Waals surface area contributed by atoms with E-state index >= 15 is 0 Å². The molecule has 0 radical (unpaired) electrons. The Bertz CT molecular complexity index is 1360. The van der Waals surface area contributed by atoms with E-state index in [4.69, 9.17) is 4.74 Å². The summed E-state index contributed by atoms with van der Waals surface area (Å²) in [5.41, 5.74) is 7.36. The van der Waals surface area contributed by atoms with Gasteiger partial charge in [0.2, 0.25) is 0 Å². The molecule has 40 heavy (non-hydrogen) atoms. The molecular formula is C32H38N6OS. The quantitative estimate of drug-likeness (QED) is 0.241. The minimum atomic E-state index is 0.848. The van der Waals surface area contributed by atoms with Crippen LogP contribution in [0.5, 0.6) is 5.75 Å². The van der Waals surface area contributed by atoms with E-state index in [1.165, 1.54) is 45.9 Å². The van der Waals surface area contributed by atoms with Gasteiger partial charge in [-0.25, -0.2) is 19.9 Å². The van der Waals surface area contributed by atoms with Crippen LogP contribution in [0.3, 0.4) is 0 Å². The van der Waals surface area contributed by atoms with Crippen molar-refractivity contribution in [3.63, 3.8) is 0 Å². The van der Waals surface area contributed by atoms with E-state index in [-0.39, 0.29) is 0 Å². The highest BCUT2D eigenvalue weighted by Crippen LogP contribution is 2.34. The van der Waals surface area contributed by atoms with Gasteiger partial charge in [-0.15, -0.1) is 11.8 Å². The summed E-state index contributed by atoms with van der Waals surface area (Å²) in [6.07, 6.45) is 8.80. The first-order chi connectivity index (χ1) is 19.4. The Hall–Kier alpha value is -3.65. The third-order valence-corrected chi connectivity index (χ3v) is 8.34. The lowest BCUT2D eigenvalue weighted by molar-refractivity contribution is 0.415. The Morgan fingerprint density at radius 3 is 1.52 bits per heavy atom. The molecule has 0 atom stereocenters. The van der Waals surface area contributed by atoms with E-state index in [9.17, 15) is 0 Å². The van der Waals surface area contributed by atoms with Gasteiger partial charge in [0, 0.05) is 52.9 Å². The molecule has 2 aromatic heterocycles. The highest BCUT2D eigenvalue weighted by molar-refractivity contribution is 7.98. The zero-order chi connectivity index (χ0) is 28.2. The molecule has 0 saturated carbocycles. The van der Waals surface area contributed by atoms with Crippen molar-refractivity contribution in [2.45, 2.75) is 57.3 Å². The molecule has 8 heteroatoms. The van der Waals surface area contributed by atoms with Crippen LogP contribution < -0.4 is 14.5 Å². The number of ether oxygens (including phenoxy) is 1. The van der Waals surface area contributed by atoms with Crippen LogP contribution in [0.1, 0.15) is 47.0 Å². The maximum atomic E-state index is 5.20. The summed E-state index contributed by atoms with van der Waals surface area (Å²) in [4.78, 5) is 24.1. The van der Waals surface area contributed by atoms with Gasteiger partial charge >= 0.3 is 0 Å². The van der Waals surface area contributed by atoms with Crippen molar-refractivity contribution < 1.29 is 4.74 Å². The van der Waals surface area contributed by atoms with Crippen molar-refractivity contribution in [3.8, 4) is 5.75 Å². The molecule has 2 heterocycles. The number of rotatable bonds is 6. The monoisotopic (exact) mass is 554 g/mol. The highest BCUT2D eigenvalue weighted by atomic mass is 32.2.